The number of guanidine groups is 1. The Kier molecular flexibility index (Phi) is 6.98. The quantitative estimate of drug-likeness (QED) is 0.260. The van der Waals surface area contributed by atoms with Gasteiger partial charge in [-0.3, -0.25) is 10.1 Å². The maximum absolute atomic E-state index is 10.7. The highest BCUT2D eigenvalue weighted by molar-refractivity contribution is 6.30. The van der Waals surface area contributed by atoms with Crippen molar-refractivity contribution < 1.29 is 4.92 Å². The monoisotopic (exact) mass is 358 g/mol. The van der Waals surface area contributed by atoms with Crippen molar-refractivity contribution in [1.82, 2.24) is 10.6 Å². The second-order valence-electron chi connectivity index (χ2n) is 5.24. The van der Waals surface area contributed by atoms with Crippen molar-refractivity contribution in [3.63, 3.8) is 0 Å². The molecule has 0 fully saturated rings. The van der Waals surface area contributed by atoms with Crippen molar-refractivity contribution in [3.05, 3.63) is 87.4 Å². The Balaban J connectivity index is 1.98. The lowest BCUT2D eigenvalue weighted by atomic mass is 10.2. The fourth-order valence-electron chi connectivity index (χ4n) is 2.02. The van der Waals surface area contributed by atoms with Gasteiger partial charge in [-0.15, -0.1) is 6.58 Å². The average Bonchev–Trinajstić information content (AvgIpc) is 2.62. The van der Waals surface area contributed by atoms with Crippen LogP contribution in [-0.2, 0) is 13.1 Å². The summed E-state index contributed by atoms with van der Waals surface area (Å²) in [6, 6.07) is 13.9. The van der Waals surface area contributed by atoms with Gasteiger partial charge in [0, 0.05) is 30.2 Å². The molecule has 0 aliphatic rings. The van der Waals surface area contributed by atoms with Gasteiger partial charge in [-0.25, -0.2) is 4.99 Å². The van der Waals surface area contributed by atoms with Gasteiger partial charge in [0.15, 0.2) is 5.96 Å². The molecular formula is C18H19ClN4O2. The van der Waals surface area contributed by atoms with Crippen LogP contribution in [0, 0.1) is 10.1 Å². The molecule has 0 aromatic heterocycles. The number of hydrogen-bond acceptors (Lipinski definition) is 3. The van der Waals surface area contributed by atoms with Crippen LogP contribution in [0.15, 0.2) is 66.2 Å². The minimum atomic E-state index is -0.415. The topological polar surface area (TPSA) is 79.6 Å². The van der Waals surface area contributed by atoms with Gasteiger partial charge < -0.3 is 10.6 Å². The van der Waals surface area contributed by atoms with Gasteiger partial charge in [0.2, 0.25) is 0 Å². The minimum absolute atomic E-state index is 0.0742. The molecule has 0 bridgehead atoms. The van der Waals surface area contributed by atoms with E-state index in [2.05, 4.69) is 22.2 Å². The van der Waals surface area contributed by atoms with Crippen molar-refractivity contribution in [2.45, 2.75) is 13.1 Å². The molecule has 6 nitrogen and oxygen atoms in total. The van der Waals surface area contributed by atoms with Crippen molar-refractivity contribution in [3.8, 4) is 0 Å². The summed E-state index contributed by atoms with van der Waals surface area (Å²) in [4.78, 5) is 14.8. The Hall–Kier alpha value is -2.86. The van der Waals surface area contributed by atoms with E-state index < -0.39 is 4.92 Å². The van der Waals surface area contributed by atoms with Crippen LogP contribution in [0.2, 0.25) is 5.02 Å². The molecule has 2 aromatic carbocycles. The molecule has 0 saturated carbocycles. The molecule has 0 atom stereocenters. The lowest BCUT2D eigenvalue weighted by molar-refractivity contribution is -0.384. The number of hydrogen-bond donors (Lipinski definition) is 2. The largest absolute Gasteiger partial charge is 0.353 e. The van der Waals surface area contributed by atoms with Gasteiger partial charge in [-0.2, -0.15) is 0 Å². The first-order valence-corrected chi connectivity index (χ1v) is 8.07. The molecule has 0 heterocycles. The van der Waals surface area contributed by atoms with Crippen LogP contribution >= 0.6 is 11.6 Å². The number of non-ortho nitro benzene ring substituents is 1. The van der Waals surface area contributed by atoms with E-state index in [0.717, 1.165) is 11.1 Å². The molecule has 2 aromatic rings. The number of nitro groups is 1. The molecule has 130 valence electrons. The van der Waals surface area contributed by atoms with Gasteiger partial charge >= 0.3 is 0 Å². The summed E-state index contributed by atoms with van der Waals surface area (Å²) in [5.41, 5.74) is 2.04. The SMILES string of the molecule is C=CCNC(=NCc1ccc(Cl)cc1)NCc1ccc([N+](=O)[O-])cc1. The average molecular weight is 359 g/mol. The van der Waals surface area contributed by atoms with Crippen molar-refractivity contribution in [2.75, 3.05) is 6.54 Å². The van der Waals surface area contributed by atoms with E-state index in [4.69, 9.17) is 11.6 Å². The normalized spacial score (nSPS) is 11.0. The van der Waals surface area contributed by atoms with Gasteiger partial charge in [0.1, 0.15) is 0 Å². The summed E-state index contributed by atoms with van der Waals surface area (Å²) in [6.45, 7) is 5.26. The third-order valence-electron chi connectivity index (χ3n) is 3.35. The summed E-state index contributed by atoms with van der Waals surface area (Å²) < 4.78 is 0. The van der Waals surface area contributed by atoms with Gasteiger partial charge in [-0.05, 0) is 23.3 Å². The number of halogens is 1. The van der Waals surface area contributed by atoms with E-state index >= 15 is 0 Å². The number of nitrogens with one attached hydrogen (secondary N) is 2. The number of nitro benzene ring substituents is 1. The Labute approximate surface area is 151 Å². The van der Waals surface area contributed by atoms with Gasteiger partial charge in [-0.1, -0.05) is 41.9 Å². The zero-order valence-electron chi connectivity index (χ0n) is 13.6. The van der Waals surface area contributed by atoms with E-state index in [0.29, 0.717) is 30.6 Å². The van der Waals surface area contributed by atoms with E-state index in [9.17, 15) is 10.1 Å². The molecule has 0 saturated heterocycles. The Morgan fingerprint density at radius 1 is 1.12 bits per heavy atom. The van der Waals surface area contributed by atoms with E-state index in [-0.39, 0.29) is 5.69 Å². The zero-order valence-corrected chi connectivity index (χ0v) is 14.4. The molecule has 0 aliphatic carbocycles. The Bertz CT molecular complexity index is 743. The van der Waals surface area contributed by atoms with Crippen molar-refractivity contribution in [2.24, 2.45) is 4.99 Å². The maximum atomic E-state index is 10.7. The standard InChI is InChI=1S/C18H19ClN4O2/c1-2-11-20-18(21-12-14-3-7-16(19)8-4-14)22-13-15-5-9-17(10-6-15)23(24)25/h2-10H,1,11-13H2,(H2,20,21,22). The van der Waals surface area contributed by atoms with E-state index in [1.54, 1.807) is 18.2 Å². The third kappa shape index (κ3) is 6.27. The van der Waals surface area contributed by atoms with Crippen molar-refractivity contribution >= 4 is 23.2 Å². The lowest BCUT2D eigenvalue weighted by Gasteiger charge is -2.11. The molecule has 2 rings (SSSR count). The first-order chi connectivity index (χ1) is 12.1. The van der Waals surface area contributed by atoms with Crippen molar-refractivity contribution in [1.29, 1.82) is 0 Å². The highest BCUT2D eigenvalue weighted by atomic mass is 35.5. The Morgan fingerprint density at radius 2 is 1.76 bits per heavy atom. The third-order valence-corrected chi connectivity index (χ3v) is 3.61. The highest BCUT2D eigenvalue weighted by Gasteiger charge is 2.04. The van der Waals surface area contributed by atoms with Crippen LogP contribution in [0.25, 0.3) is 0 Å². The van der Waals surface area contributed by atoms with Gasteiger partial charge in [0.05, 0.1) is 11.5 Å². The second-order valence-corrected chi connectivity index (χ2v) is 5.67. The Morgan fingerprint density at radius 3 is 2.36 bits per heavy atom. The second kappa shape index (κ2) is 9.44. The van der Waals surface area contributed by atoms with Crippen LogP contribution in [0.1, 0.15) is 11.1 Å². The molecule has 0 spiro atoms. The highest BCUT2D eigenvalue weighted by Crippen LogP contribution is 2.12. The molecule has 0 aliphatic heterocycles. The van der Waals surface area contributed by atoms with Crippen LogP contribution in [0.5, 0.6) is 0 Å². The minimum Gasteiger partial charge on any atom is -0.353 e. The molecule has 2 N–H and O–H groups in total. The molecule has 7 heteroatoms. The van der Waals surface area contributed by atoms with Crippen LogP contribution < -0.4 is 10.6 Å². The summed E-state index contributed by atoms with van der Waals surface area (Å²) in [6.07, 6.45) is 1.74. The van der Waals surface area contributed by atoms with Crippen LogP contribution in [0.3, 0.4) is 0 Å². The fraction of sp³-hybridized carbons (Fsp3) is 0.167. The predicted octanol–water partition coefficient (Wildman–Crippen LogP) is 3.67. The first-order valence-electron chi connectivity index (χ1n) is 7.69. The predicted molar refractivity (Wildman–Crippen MR) is 101 cm³/mol. The van der Waals surface area contributed by atoms with E-state index in [1.807, 2.05) is 24.3 Å². The zero-order chi connectivity index (χ0) is 18.1. The summed E-state index contributed by atoms with van der Waals surface area (Å²) >= 11 is 5.88. The number of aliphatic imine (C=N–C) groups is 1. The molecule has 25 heavy (non-hydrogen) atoms. The summed E-state index contributed by atoms with van der Waals surface area (Å²) in [5.74, 6) is 0.633. The lowest BCUT2D eigenvalue weighted by Crippen LogP contribution is -2.37. The smallest absolute Gasteiger partial charge is 0.269 e. The molecule has 0 radical (unpaired) electrons. The molecule has 0 amide bonds. The molecular weight excluding hydrogens is 340 g/mol. The first kappa shape index (κ1) is 18.5. The fourth-order valence-corrected chi connectivity index (χ4v) is 2.15. The van der Waals surface area contributed by atoms with Crippen LogP contribution in [-0.4, -0.2) is 17.4 Å². The van der Waals surface area contributed by atoms with Gasteiger partial charge in [0.25, 0.3) is 5.69 Å². The molecule has 0 unspecified atom stereocenters. The maximum Gasteiger partial charge on any atom is 0.269 e. The number of benzene rings is 2. The van der Waals surface area contributed by atoms with Crippen LogP contribution in [0.4, 0.5) is 5.69 Å². The van der Waals surface area contributed by atoms with E-state index in [1.165, 1.54) is 12.1 Å². The summed E-state index contributed by atoms with van der Waals surface area (Å²) in [5, 5.41) is 17.7. The number of nitrogens with zero attached hydrogens (tertiary/aromatic N) is 2. The summed E-state index contributed by atoms with van der Waals surface area (Å²) in [7, 11) is 0. The number of rotatable bonds is 7.